The molecule has 0 aromatic heterocycles. The fourth-order valence-corrected chi connectivity index (χ4v) is 4.40. The summed E-state index contributed by atoms with van der Waals surface area (Å²) in [6, 6.07) is 9.74. The Kier molecular flexibility index (Phi) is 6.88. The van der Waals surface area contributed by atoms with Gasteiger partial charge in [0.2, 0.25) is 0 Å². The Morgan fingerprint density at radius 2 is 2.25 bits per heavy atom. The van der Waals surface area contributed by atoms with Gasteiger partial charge in [-0.2, -0.15) is 11.8 Å². The standard InChI is InChI=1S/C16H25BrN2S/c1-3-18-16(14-6-4-5-7-15(14)17)8-9-19-10-11-20-12-13(19)2/h4-7,13,16,18H,3,8-12H2,1-2H3. The van der Waals surface area contributed by atoms with Crippen LogP contribution in [0.4, 0.5) is 0 Å². The van der Waals surface area contributed by atoms with Crippen LogP contribution in [0.2, 0.25) is 0 Å². The summed E-state index contributed by atoms with van der Waals surface area (Å²) in [5.74, 6) is 2.56. The topological polar surface area (TPSA) is 15.3 Å². The number of benzene rings is 1. The highest BCUT2D eigenvalue weighted by atomic mass is 79.9. The van der Waals surface area contributed by atoms with E-state index in [9.17, 15) is 0 Å². The van der Waals surface area contributed by atoms with Gasteiger partial charge < -0.3 is 5.32 Å². The number of nitrogens with one attached hydrogen (secondary N) is 1. The van der Waals surface area contributed by atoms with E-state index in [1.54, 1.807) is 0 Å². The molecule has 0 amide bonds. The second-order valence-corrected chi connectivity index (χ2v) is 7.38. The maximum absolute atomic E-state index is 3.69. The smallest absolute Gasteiger partial charge is 0.0343 e. The van der Waals surface area contributed by atoms with Crippen molar-refractivity contribution in [3.8, 4) is 0 Å². The molecule has 4 heteroatoms. The van der Waals surface area contributed by atoms with E-state index in [1.165, 1.54) is 41.1 Å². The van der Waals surface area contributed by atoms with Gasteiger partial charge in [0, 0.05) is 41.2 Å². The summed E-state index contributed by atoms with van der Waals surface area (Å²) in [5, 5.41) is 3.63. The Balaban J connectivity index is 1.97. The van der Waals surface area contributed by atoms with Crippen LogP contribution in [0.5, 0.6) is 0 Å². The van der Waals surface area contributed by atoms with E-state index >= 15 is 0 Å². The van der Waals surface area contributed by atoms with Crippen molar-refractivity contribution < 1.29 is 0 Å². The van der Waals surface area contributed by atoms with Crippen LogP contribution in [0, 0.1) is 0 Å². The van der Waals surface area contributed by atoms with Crippen LogP contribution in [-0.4, -0.2) is 42.1 Å². The Morgan fingerprint density at radius 3 is 2.95 bits per heavy atom. The summed E-state index contributed by atoms with van der Waals surface area (Å²) in [5.41, 5.74) is 1.38. The number of thioether (sulfide) groups is 1. The predicted molar refractivity (Wildman–Crippen MR) is 93.5 cm³/mol. The first kappa shape index (κ1) is 16.3. The molecule has 1 fully saturated rings. The van der Waals surface area contributed by atoms with Crippen LogP contribution in [0.15, 0.2) is 28.7 Å². The largest absolute Gasteiger partial charge is 0.310 e. The molecule has 1 aliphatic rings. The normalized spacial score (nSPS) is 21.9. The van der Waals surface area contributed by atoms with E-state index < -0.39 is 0 Å². The molecule has 2 unspecified atom stereocenters. The van der Waals surface area contributed by atoms with Crippen LogP contribution in [0.3, 0.4) is 0 Å². The fourth-order valence-electron chi connectivity index (χ4n) is 2.76. The molecule has 2 nitrogen and oxygen atoms in total. The molecule has 1 aliphatic heterocycles. The van der Waals surface area contributed by atoms with Gasteiger partial charge in [0.25, 0.3) is 0 Å². The van der Waals surface area contributed by atoms with E-state index in [0.717, 1.165) is 12.6 Å². The summed E-state index contributed by atoms with van der Waals surface area (Å²) < 4.78 is 1.22. The molecule has 2 rings (SSSR count). The number of hydrogen-bond acceptors (Lipinski definition) is 3. The van der Waals surface area contributed by atoms with Gasteiger partial charge >= 0.3 is 0 Å². The molecule has 1 N–H and O–H groups in total. The van der Waals surface area contributed by atoms with Crippen LogP contribution in [0.1, 0.15) is 31.9 Å². The van der Waals surface area contributed by atoms with Crippen LogP contribution >= 0.6 is 27.7 Å². The van der Waals surface area contributed by atoms with Gasteiger partial charge in [0.15, 0.2) is 0 Å². The van der Waals surface area contributed by atoms with Gasteiger partial charge in [-0.1, -0.05) is 41.1 Å². The lowest BCUT2D eigenvalue weighted by atomic mass is 10.0. The lowest BCUT2D eigenvalue weighted by Gasteiger charge is -2.34. The molecule has 1 heterocycles. The molecule has 0 saturated carbocycles. The lowest BCUT2D eigenvalue weighted by molar-refractivity contribution is 0.219. The van der Waals surface area contributed by atoms with Gasteiger partial charge in [-0.15, -0.1) is 0 Å². The average molecular weight is 357 g/mol. The zero-order chi connectivity index (χ0) is 14.4. The average Bonchev–Trinajstić information content (AvgIpc) is 2.46. The Bertz CT molecular complexity index is 413. The molecule has 0 spiro atoms. The summed E-state index contributed by atoms with van der Waals surface area (Å²) in [4.78, 5) is 2.64. The summed E-state index contributed by atoms with van der Waals surface area (Å²) >= 11 is 5.77. The number of halogens is 1. The summed E-state index contributed by atoms with van der Waals surface area (Å²) in [6.07, 6.45) is 1.17. The Morgan fingerprint density at radius 1 is 1.45 bits per heavy atom. The molecule has 0 bridgehead atoms. The number of hydrogen-bond donors (Lipinski definition) is 1. The number of rotatable bonds is 6. The third kappa shape index (κ3) is 4.48. The molecular formula is C16H25BrN2S. The highest BCUT2D eigenvalue weighted by Gasteiger charge is 2.20. The van der Waals surface area contributed by atoms with E-state index in [2.05, 4.69) is 76.0 Å². The van der Waals surface area contributed by atoms with Gasteiger partial charge in [-0.3, -0.25) is 4.90 Å². The minimum atomic E-state index is 0.442. The molecule has 1 saturated heterocycles. The number of nitrogens with zero attached hydrogens (tertiary/aromatic N) is 1. The minimum absolute atomic E-state index is 0.442. The third-order valence-corrected chi connectivity index (χ3v) is 5.85. The molecule has 0 aliphatic carbocycles. The minimum Gasteiger partial charge on any atom is -0.310 e. The van der Waals surface area contributed by atoms with Gasteiger partial charge in [0.05, 0.1) is 0 Å². The van der Waals surface area contributed by atoms with Crippen molar-refractivity contribution in [1.29, 1.82) is 0 Å². The zero-order valence-electron chi connectivity index (χ0n) is 12.4. The van der Waals surface area contributed by atoms with Crippen molar-refractivity contribution in [3.63, 3.8) is 0 Å². The van der Waals surface area contributed by atoms with Gasteiger partial charge in [-0.05, 0) is 31.5 Å². The maximum atomic E-state index is 3.69. The summed E-state index contributed by atoms with van der Waals surface area (Å²) in [7, 11) is 0. The first-order chi connectivity index (χ1) is 9.72. The molecular weight excluding hydrogens is 332 g/mol. The molecule has 1 aromatic carbocycles. The lowest BCUT2D eigenvalue weighted by Crippen LogP contribution is -2.41. The quantitative estimate of drug-likeness (QED) is 0.831. The monoisotopic (exact) mass is 356 g/mol. The van der Waals surface area contributed by atoms with Crippen LogP contribution < -0.4 is 5.32 Å². The van der Waals surface area contributed by atoms with Crippen molar-refractivity contribution in [2.75, 3.05) is 31.1 Å². The van der Waals surface area contributed by atoms with Crippen molar-refractivity contribution in [1.82, 2.24) is 10.2 Å². The van der Waals surface area contributed by atoms with Gasteiger partial charge in [-0.25, -0.2) is 0 Å². The molecule has 20 heavy (non-hydrogen) atoms. The van der Waals surface area contributed by atoms with E-state index in [-0.39, 0.29) is 0 Å². The molecule has 112 valence electrons. The molecule has 0 radical (unpaired) electrons. The van der Waals surface area contributed by atoms with E-state index in [0.29, 0.717) is 6.04 Å². The first-order valence-corrected chi connectivity index (χ1v) is 9.46. The maximum Gasteiger partial charge on any atom is 0.0343 e. The van der Waals surface area contributed by atoms with Crippen LogP contribution in [0.25, 0.3) is 0 Å². The second-order valence-electron chi connectivity index (χ2n) is 5.38. The molecule has 2 atom stereocenters. The van der Waals surface area contributed by atoms with Gasteiger partial charge in [0.1, 0.15) is 0 Å². The van der Waals surface area contributed by atoms with Crippen molar-refractivity contribution in [2.24, 2.45) is 0 Å². The van der Waals surface area contributed by atoms with E-state index in [1.807, 2.05) is 0 Å². The Hall–Kier alpha value is -0.0300. The van der Waals surface area contributed by atoms with Crippen molar-refractivity contribution in [3.05, 3.63) is 34.3 Å². The highest BCUT2D eigenvalue weighted by molar-refractivity contribution is 9.10. The predicted octanol–water partition coefficient (Wildman–Crippen LogP) is 3.93. The fraction of sp³-hybridized carbons (Fsp3) is 0.625. The van der Waals surface area contributed by atoms with Crippen LogP contribution in [-0.2, 0) is 0 Å². The van der Waals surface area contributed by atoms with Crippen molar-refractivity contribution in [2.45, 2.75) is 32.4 Å². The molecule has 1 aromatic rings. The first-order valence-electron chi connectivity index (χ1n) is 7.52. The summed E-state index contributed by atoms with van der Waals surface area (Å²) in [6.45, 7) is 7.97. The van der Waals surface area contributed by atoms with E-state index in [4.69, 9.17) is 0 Å². The van der Waals surface area contributed by atoms with Crippen molar-refractivity contribution >= 4 is 27.7 Å². The zero-order valence-corrected chi connectivity index (χ0v) is 14.8. The highest BCUT2D eigenvalue weighted by Crippen LogP contribution is 2.26. The third-order valence-electron chi connectivity index (χ3n) is 3.94. The Labute approximate surface area is 135 Å². The second kappa shape index (κ2) is 8.42. The SMILES string of the molecule is CCNC(CCN1CCSCC1C)c1ccccc1Br.